The van der Waals surface area contributed by atoms with E-state index in [4.69, 9.17) is 19.4 Å². The van der Waals surface area contributed by atoms with Crippen molar-refractivity contribution in [2.45, 2.75) is 232 Å². The average molecular weight is 825 g/mol. The predicted octanol–water partition coefficient (Wildman–Crippen LogP) is 15.6. The molecule has 1 aromatic carbocycles. The van der Waals surface area contributed by atoms with Crippen molar-refractivity contribution in [2.24, 2.45) is 0 Å². The van der Waals surface area contributed by atoms with Gasteiger partial charge in [0, 0.05) is 0 Å². The Hall–Kier alpha value is 1.28. The van der Waals surface area contributed by atoms with Crippen LogP contribution in [0, 0.1) is 0 Å². The summed E-state index contributed by atoms with van der Waals surface area (Å²) in [7, 11) is 6.13. The second kappa shape index (κ2) is 20.1. The van der Waals surface area contributed by atoms with E-state index in [2.05, 4.69) is 30.3 Å². The van der Waals surface area contributed by atoms with E-state index in [0.29, 0.717) is 0 Å². The van der Waals surface area contributed by atoms with E-state index in [1.165, 1.54) is 0 Å². The Kier molecular flexibility index (Phi) is 16.3. The summed E-state index contributed by atoms with van der Waals surface area (Å²) in [4.78, 5) is 0. The Morgan fingerprint density at radius 1 is 0.375 bits per heavy atom. The summed E-state index contributed by atoms with van der Waals surface area (Å²) in [6, 6.07) is 13.1. The molecule has 0 bridgehead atoms. The second-order valence-electron chi connectivity index (χ2n) is 17.9. The van der Waals surface area contributed by atoms with Gasteiger partial charge < -0.3 is 0 Å². The molecule has 0 aliphatic heterocycles. The van der Waals surface area contributed by atoms with Crippen molar-refractivity contribution in [3.63, 3.8) is 0 Å². The van der Waals surface area contributed by atoms with Crippen LogP contribution in [0.4, 0.5) is 0 Å². The Labute approximate surface area is 314 Å². The molecule has 6 aliphatic rings. The molecule has 0 unspecified atom stereocenters. The van der Waals surface area contributed by atoms with Crippen LogP contribution in [0.15, 0.2) is 30.3 Å². The van der Waals surface area contributed by atoms with Gasteiger partial charge in [0.05, 0.1) is 0 Å². The quantitative estimate of drug-likeness (QED) is 0.172. The van der Waals surface area contributed by atoms with Crippen LogP contribution in [0.25, 0.3) is 0 Å². The first kappa shape index (κ1) is 39.0. The van der Waals surface area contributed by atoms with Gasteiger partial charge in [-0.2, -0.15) is 0 Å². The fourth-order valence-corrected chi connectivity index (χ4v) is 39.2. The summed E-state index contributed by atoms with van der Waals surface area (Å²) in [5.74, 6) is 0. The van der Waals surface area contributed by atoms with Gasteiger partial charge in [-0.1, -0.05) is 0 Å². The fourth-order valence-electron chi connectivity index (χ4n) is 14.7. The Morgan fingerprint density at radius 2 is 0.583 bits per heavy atom. The van der Waals surface area contributed by atoms with Crippen LogP contribution in [0.3, 0.4) is 0 Å². The number of rotatable bonds is 9. The summed E-state index contributed by atoms with van der Waals surface area (Å²) in [6.07, 6.45) is 47.9. The fraction of sp³-hybridized carbons (Fsp3) is 0.860. The van der Waals surface area contributed by atoms with Crippen LogP contribution in [0.1, 0.15) is 204 Å². The molecule has 1 aromatic rings. The summed E-state index contributed by atoms with van der Waals surface area (Å²) >= 11 is -0.346. The van der Waals surface area contributed by atoms with Gasteiger partial charge in [-0.15, -0.1) is 0 Å². The predicted molar refractivity (Wildman–Crippen MR) is 219 cm³/mol. The van der Waals surface area contributed by atoms with Crippen molar-refractivity contribution >= 4 is 33.9 Å². The zero-order chi connectivity index (χ0) is 33.1. The summed E-state index contributed by atoms with van der Waals surface area (Å²) in [6.45, 7) is 0. The molecule has 5 heteroatoms. The Balaban J connectivity index is 0.00000129. The van der Waals surface area contributed by atoms with Gasteiger partial charge in [-0.3, -0.25) is 0 Å². The van der Waals surface area contributed by atoms with Crippen LogP contribution < -0.4 is 0 Å². The van der Waals surface area contributed by atoms with Crippen molar-refractivity contribution in [1.29, 1.82) is 0 Å². The molecule has 0 radical (unpaired) electrons. The molecule has 6 fully saturated rings. The third kappa shape index (κ3) is 8.48. The summed E-state index contributed by atoms with van der Waals surface area (Å²) in [5.41, 5.74) is 8.85. The normalized spacial score (nSPS) is 27.2. The third-order valence-electron chi connectivity index (χ3n) is 16.0. The average Bonchev–Trinajstić information content (AvgIpc) is 3.18. The molecule has 0 nitrogen and oxygen atoms in total. The minimum atomic E-state index is -1.79. The molecule has 6 saturated carbocycles. The SMILES string of the molecule is [Cl][Ru][Cl].c1ccc(C([PH](C2CCCCC2)(C2CCCCC2)C2CCCCC2)[PH](C2CCCCC2)(C2CCCCC2)C2CCCCC2)cc1. The summed E-state index contributed by atoms with van der Waals surface area (Å²) in [5, 5.41) is 1.08. The van der Waals surface area contributed by atoms with Crippen LogP contribution in [-0.2, 0) is 15.1 Å². The van der Waals surface area contributed by atoms with Crippen molar-refractivity contribution in [2.75, 3.05) is 0 Å². The molecule has 48 heavy (non-hydrogen) atoms. The molecular formula is C43H74Cl2P2Ru. The number of halogens is 2. The molecule has 6 aliphatic carbocycles. The van der Waals surface area contributed by atoms with Crippen LogP contribution in [-0.4, -0.2) is 34.0 Å². The van der Waals surface area contributed by atoms with Crippen LogP contribution in [0.2, 0.25) is 0 Å². The third-order valence-corrected chi connectivity index (χ3v) is 33.6. The van der Waals surface area contributed by atoms with E-state index < -0.39 is 14.5 Å². The molecule has 7 rings (SSSR count). The standard InChI is InChI=1S/C43H74P2.2ClH.Ru/c1-8-22-36(23-9-1)43(44(37-24-10-2-11-25-37,38-26-12-3-13-27-38)39-28-14-4-15-29-39)45(40-30-16-5-17-31-40,41-32-18-6-19-33-41)42-34-20-7-21-35-42;;;/h1,8-9,22-23,37-45H,2-7,10-21,24-35H2;2*1H;/q;;;+2/p-2. The molecular weight excluding hydrogens is 750 g/mol. The van der Waals surface area contributed by atoms with Crippen molar-refractivity contribution < 1.29 is 15.1 Å². The zero-order valence-corrected chi connectivity index (χ0v) is 36.0. The molecule has 0 N–H and O–H groups in total. The van der Waals surface area contributed by atoms with E-state index in [9.17, 15) is 0 Å². The van der Waals surface area contributed by atoms with Gasteiger partial charge in [0.1, 0.15) is 0 Å². The Bertz CT molecular complexity index is 863. The van der Waals surface area contributed by atoms with Crippen molar-refractivity contribution in [1.82, 2.24) is 0 Å². The topological polar surface area (TPSA) is 0 Å². The Morgan fingerprint density at radius 3 is 0.792 bits per heavy atom. The summed E-state index contributed by atoms with van der Waals surface area (Å²) < 4.78 is 0. The molecule has 278 valence electrons. The van der Waals surface area contributed by atoms with E-state index in [0.717, 1.165) is 39.4 Å². The van der Waals surface area contributed by atoms with Gasteiger partial charge in [-0.05, 0) is 0 Å². The van der Waals surface area contributed by atoms with Gasteiger partial charge in [-0.25, -0.2) is 0 Å². The monoisotopic (exact) mass is 824 g/mol. The second-order valence-corrected chi connectivity index (χ2v) is 31.2. The first-order valence-electron chi connectivity index (χ1n) is 21.7. The van der Waals surface area contributed by atoms with Gasteiger partial charge in [0.2, 0.25) is 0 Å². The molecule has 0 heterocycles. The van der Waals surface area contributed by atoms with E-state index >= 15 is 0 Å². The molecule has 0 aromatic heterocycles. The molecule has 0 spiro atoms. The number of benzene rings is 1. The molecule has 0 atom stereocenters. The number of hydrogen-bond donors (Lipinski definition) is 0. The van der Waals surface area contributed by atoms with E-state index in [1.807, 2.05) is 5.56 Å². The first-order valence-corrected chi connectivity index (χ1v) is 30.8. The van der Waals surface area contributed by atoms with Gasteiger partial charge in [0.15, 0.2) is 0 Å². The van der Waals surface area contributed by atoms with Crippen LogP contribution >= 0.6 is 33.9 Å². The molecule has 0 amide bonds. The molecule has 0 saturated heterocycles. The van der Waals surface area contributed by atoms with E-state index in [-0.39, 0.29) is 15.1 Å². The van der Waals surface area contributed by atoms with Crippen LogP contribution in [0.5, 0.6) is 0 Å². The van der Waals surface area contributed by atoms with Gasteiger partial charge >= 0.3 is 317 Å². The number of hydrogen-bond acceptors (Lipinski definition) is 0. The van der Waals surface area contributed by atoms with Crippen molar-refractivity contribution in [3.05, 3.63) is 35.9 Å². The first-order chi connectivity index (χ1) is 23.8. The zero-order valence-electron chi connectivity index (χ0n) is 30.8. The van der Waals surface area contributed by atoms with Gasteiger partial charge in [0.25, 0.3) is 0 Å². The van der Waals surface area contributed by atoms with Crippen molar-refractivity contribution in [3.8, 4) is 0 Å². The maximum atomic E-state index is 4.85. The minimum absolute atomic E-state index is 0.346. The van der Waals surface area contributed by atoms with E-state index in [1.54, 1.807) is 193 Å². The maximum absolute atomic E-state index is 4.85.